The summed E-state index contributed by atoms with van der Waals surface area (Å²) in [6, 6.07) is 4.68. The van der Waals surface area contributed by atoms with Gasteiger partial charge < -0.3 is 15.5 Å². The van der Waals surface area contributed by atoms with Gasteiger partial charge >= 0.3 is 6.18 Å². The van der Waals surface area contributed by atoms with E-state index in [2.05, 4.69) is 20.6 Å². The van der Waals surface area contributed by atoms with Crippen LogP contribution in [0.2, 0.25) is 10.0 Å². The second-order valence-electron chi connectivity index (χ2n) is 6.47. The molecule has 0 saturated carbocycles. The Morgan fingerprint density at radius 1 is 1.21 bits per heavy atom. The van der Waals surface area contributed by atoms with Crippen LogP contribution >= 0.6 is 23.2 Å². The number of benzene rings is 1. The molecule has 1 amide bonds. The molecular formula is C18H18Cl2F3N5O. The monoisotopic (exact) mass is 447 g/mol. The van der Waals surface area contributed by atoms with Crippen LogP contribution in [0.5, 0.6) is 0 Å². The van der Waals surface area contributed by atoms with Gasteiger partial charge in [0.05, 0.1) is 10.0 Å². The van der Waals surface area contributed by atoms with Crippen molar-refractivity contribution in [2.24, 2.45) is 0 Å². The number of hydrogen-bond acceptors (Lipinski definition) is 5. The van der Waals surface area contributed by atoms with Gasteiger partial charge in [0.15, 0.2) is 0 Å². The maximum absolute atomic E-state index is 13.3. The standard InChI is InChI=1S/C18H18Cl2F3N5O/c19-13-5-4-11(9-14(13)20)26-17-25-10-12(18(21,22)23)16(27-17)24-6-2-8-28-7-1-3-15(28)29/h4-5,9-10H,1-3,6-8H2,(H2,24,25,26,27). The molecule has 156 valence electrons. The Morgan fingerprint density at radius 2 is 2.00 bits per heavy atom. The second-order valence-corrected chi connectivity index (χ2v) is 7.29. The zero-order valence-corrected chi connectivity index (χ0v) is 16.7. The van der Waals surface area contributed by atoms with Crippen molar-refractivity contribution in [3.63, 3.8) is 0 Å². The molecule has 11 heteroatoms. The highest BCUT2D eigenvalue weighted by Crippen LogP contribution is 2.34. The summed E-state index contributed by atoms with van der Waals surface area (Å²) in [5.41, 5.74) is -0.480. The van der Waals surface area contributed by atoms with Crippen LogP contribution in [0.25, 0.3) is 0 Å². The van der Waals surface area contributed by atoms with Crippen molar-refractivity contribution in [1.29, 1.82) is 0 Å². The summed E-state index contributed by atoms with van der Waals surface area (Å²) in [4.78, 5) is 21.0. The van der Waals surface area contributed by atoms with E-state index in [0.717, 1.165) is 12.6 Å². The van der Waals surface area contributed by atoms with E-state index in [1.54, 1.807) is 17.0 Å². The lowest BCUT2D eigenvalue weighted by molar-refractivity contribution is -0.137. The molecule has 6 nitrogen and oxygen atoms in total. The van der Waals surface area contributed by atoms with E-state index >= 15 is 0 Å². The molecule has 1 aliphatic heterocycles. The van der Waals surface area contributed by atoms with Crippen molar-refractivity contribution in [2.45, 2.75) is 25.4 Å². The van der Waals surface area contributed by atoms with Crippen LogP contribution in [0.3, 0.4) is 0 Å². The highest BCUT2D eigenvalue weighted by Gasteiger charge is 2.35. The molecule has 0 bridgehead atoms. The quantitative estimate of drug-likeness (QED) is 0.586. The van der Waals surface area contributed by atoms with Crippen LogP contribution < -0.4 is 10.6 Å². The number of hydrogen-bond donors (Lipinski definition) is 2. The number of nitrogens with zero attached hydrogens (tertiary/aromatic N) is 3. The van der Waals surface area contributed by atoms with Gasteiger partial charge in [-0.05, 0) is 31.0 Å². The maximum atomic E-state index is 13.3. The van der Waals surface area contributed by atoms with Gasteiger partial charge in [0.25, 0.3) is 0 Å². The lowest BCUT2D eigenvalue weighted by Gasteiger charge is -2.17. The lowest BCUT2D eigenvalue weighted by atomic mass is 10.3. The summed E-state index contributed by atoms with van der Waals surface area (Å²) in [6.45, 7) is 1.42. The van der Waals surface area contributed by atoms with Crippen molar-refractivity contribution in [2.75, 3.05) is 30.3 Å². The molecule has 1 fully saturated rings. The smallest absolute Gasteiger partial charge is 0.369 e. The number of anilines is 3. The number of carbonyl (C=O) groups is 1. The van der Waals surface area contributed by atoms with Crippen molar-refractivity contribution in [1.82, 2.24) is 14.9 Å². The molecular weight excluding hydrogens is 430 g/mol. The minimum Gasteiger partial charge on any atom is -0.369 e. The Balaban J connectivity index is 1.69. The van der Waals surface area contributed by atoms with E-state index in [1.807, 2.05) is 0 Å². The van der Waals surface area contributed by atoms with Gasteiger partial charge in [-0.1, -0.05) is 23.2 Å². The van der Waals surface area contributed by atoms with Crippen molar-refractivity contribution in [3.05, 3.63) is 40.0 Å². The number of carbonyl (C=O) groups excluding carboxylic acids is 1. The second kappa shape index (κ2) is 9.04. The molecule has 0 spiro atoms. The van der Waals surface area contributed by atoms with Crippen molar-refractivity contribution < 1.29 is 18.0 Å². The minimum absolute atomic E-state index is 0.0198. The van der Waals surface area contributed by atoms with E-state index in [1.165, 1.54) is 6.07 Å². The Hall–Kier alpha value is -2.26. The first-order valence-corrected chi connectivity index (χ1v) is 9.67. The number of rotatable bonds is 7. The number of aromatic nitrogens is 2. The maximum Gasteiger partial charge on any atom is 0.421 e. The van der Waals surface area contributed by atoms with E-state index < -0.39 is 11.7 Å². The molecule has 1 aromatic carbocycles. The topological polar surface area (TPSA) is 70.2 Å². The zero-order valence-electron chi connectivity index (χ0n) is 15.2. The molecule has 0 aliphatic carbocycles. The Labute approximate surface area is 175 Å². The molecule has 1 saturated heterocycles. The normalized spacial score (nSPS) is 14.4. The molecule has 29 heavy (non-hydrogen) atoms. The number of halogens is 5. The molecule has 0 radical (unpaired) electrons. The fourth-order valence-corrected chi connectivity index (χ4v) is 3.20. The van der Waals surface area contributed by atoms with Gasteiger partial charge in [0.1, 0.15) is 11.4 Å². The number of likely N-dealkylation sites (tertiary alicyclic amines) is 1. The third-order valence-electron chi connectivity index (χ3n) is 4.34. The minimum atomic E-state index is -4.60. The van der Waals surface area contributed by atoms with E-state index in [9.17, 15) is 18.0 Å². The van der Waals surface area contributed by atoms with E-state index in [-0.39, 0.29) is 24.2 Å². The Kier molecular flexibility index (Phi) is 6.69. The van der Waals surface area contributed by atoms with Crippen molar-refractivity contribution >= 4 is 46.6 Å². The van der Waals surface area contributed by atoms with Crippen LogP contribution in [0.15, 0.2) is 24.4 Å². The molecule has 3 rings (SSSR count). The van der Waals surface area contributed by atoms with Gasteiger partial charge in [-0.3, -0.25) is 4.79 Å². The summed E-state index contributed by atoms with van der Waals surface area (Å²) in [6.07, 6.45) is -2.03. The molecule has 1 aromatic heterocycles. The Morgan fingerprint density at radius 3 is 2.66 bits per heavy atom. The summed E-state index contributed by atoms with van der Waals surface area (Å²) in [7, 11) is 0. The number of amides is 1. The number of nitrogens with one attached hydrogen (secondary N) is 2. The van der Waals surface area contributed by atoms with Crippen LogP contribution in [-0.2, 0) is 11.0 Å². The average molecular weight is 448 g/mol. The summed E-state index contributed by atoms with van der Waals surface area (Å²) < 4.78 is 39.9. The van der Waals surface area contributed by atoms with Crippen LogP contribution in [-0.4, -0.2) is 40.4 Å². The first-order chi connectivity index (χ1) is 13.7. The zero-order chi connectivity index (χ0) is 21.0. The molecule has 2 N–H and O–H groups in total. The number of alkyl halides is 3. The third-order valence-corrected chi connectivity index (χ3v) is 5.08. The molecule has 2 aromatic rings. The summed E-state index contributed by atoms with van der Waals surface area (Å²) in [5, 5.41) is 6.16. The van der Waals surface area contributed by atoms with Crippen LogP contribution in [0, 0.1) is 0 Å². The third kappa shape index (κ3) is 5.63. The largest absolute Gasteiger partial charge is 0.421 e. The van der Waals surface area contributed by atoms with E-state index in [0.29, 0.717) is 41.7 Å². The van der Waals surface area contributed by atoms with E-state index in [4.69, 9.17) is 23.2 Å². The first-order valence-electron chi connectivity index (χ1n) is 8.92. The highest BCUT2D eigenvalue weighted by molar-refractivity contribution is 6.42. The molecule has 2 heterocycles. The summed E-state index contributed by atoms with van der Waals surface area (Å²) in [5.74, 6) is -0.271. The summed E-state index contributed by atoms with van der Waals surface area (Å²) >= 11 is 11.8. The first kappa shape index (κ1) is 21.4. The van der Waals surface area contributed by atoms with Gasteiger partial charge in [0.2, 0.25) is 11.9 Å². The van der Waals surface area contributed by atoms with Gasteiger partial charge in [-0.25, -0.2) is 4.98 Å². The fourth-order valence-electron chi connectivity index (χ4n) is 2.90. The highest BCUT2D eigenvalue weighted by atomic mass is 35.5. The average Bonchev–Trinajstić information content (AvgIpc) is 3.06. The van der Waals surface area contributed by atoms with Crippen molar-refractivity contribution in [3.8, 4) is 0 Å². The van der Waals surface area contributed by atoms with Gasteiger partial charge in [-0.2, -0.15) is 18.2 Å². The predicted octanol–water partition coefficient (Wildman–Crippen LogP) is 4.97. The SMILES string of the molecule is O=C1CCCN1CCCNc1nc(Nc2ccc(Cl)c(Cl)c2)ncc1C(F)(F)F. The molecule has 0 atom stereocenters. The van der Waals surface area contributed by atoms with Gasteiger partial charge in [0, 0.05) is 37.9 Å². The van der Waals surface area contributed by atoms with Gasteiger partial charge in [-0.15, -0.1) is 0 Å². The van der Waals surface area contributed by atoms with Crippen LogP contribution in [0.1, 0.15) is 24.8 Å². The molecule has 1 aliphatic rings. The predicted molar refractivity (Wildman–Crippen MR) is 106 cm³/mol. The Bertz CT molecular complexity index is 894. The molecule has 0 unspecified atom stereocenters. The van der Waals surface area contributed by atoms with Crippen LogP contribution in [0.4, 0.5) is 30.6 Å². The lowest BCUT2D eigenvalue weighted by Crippen LogP contribution is -2.27. The fraction of sp³-hybridized carbons (Fsp3) is 0.389.